The van der Waals surface area contributed by atoms with E-state index in [0.29, 0.717) is 23.9 Å². The molecule has 170 valence electrons. The van der Waals surface area contributed by atoms with Gasteiger partial charge in [0.2, 0.25) is 0 Å². The van der Waals surface area contributed by atoms with E-state index in [1.165, 1.54) is 18.4 Å². The molecule has 4 aliphatic carbocycles. The van der Waals surface area contributed by atoms with E-state index in [9.17, 15) is 10.2 Å². The number of aliphatic hydroxyl groups is 2. The summed E-state index contributed by atoms with van der Waals surface area (Å²) in [5.74, 6) is 2.92. The summed E-state index contributed by atoms with van der Waals surface area (Å²) >= 11 is 0. The van der Waals surface area contributed by atoms with Crippen LogP contribution in [0.25, 0.3) is 0 Å². The summed E-state index contributed by atoms with van der Waals surface area (Å²) in [5, 5.41) is 22.4. The van der Waals surface area contributed by atoms with Gasteiger partial charge in [-0.2, -0.15) is 0 Å². The van der Waals surface area contributed by atoms with Crippen LogP contribution in [-0.4, -0.2) is 34.1 Å². The molecule has 0 aromatic rings. The Morgan fingerprint density at radius 3 is 2.53 bits per heavy atom. The first-order valence-electron chi connectivity index (χ1n) is 12.9. The minimum atomic E-state index is -0.591. The fourth-order valence-electron chi connectivity index (χ4n) is 8.96. The Balaban J connectivity index is 1.38. The van der Waals surface area contributed by atoms with E-state index < -0.39 is 5.60 Å². The van der Waals surface area contributed by atoms with Crippen molar-refractivity contribution < 1.29 is 14.9 Å². The predicted octanol–water partition coefficient (Wildman–Crippen LogP) is 5.49. The highest BCUT2D eigenvalue weighted by atomic mass is 16.6. The number of rotatable bonds is 4. The molecule has 3 saturated carbocycles. The van der Waals surface area contributed by atoms with Gasteiger partial charge in [0.1, 0.15) is 0 Å². The van der Waals surface area contributed by atoms with Crippen LogP contribution in [0.2, 0.25) is 0 Å². The fourth-order valence-corrected chi connectivity index (χ4v) is 8.96. The molecule has 10 unspecified atom stereocenters. The molecule has 10 atom stereocenters. The molecular formula is C27H44O3. The zero-order valence-corrected chi connectivity index (χ0v) is 19.9. The van der Waals surface area contributed by atoms with E-state index in [2.05, 4.69) is 40.7 Å². The average Bonchev–Trinajstić information content (AvgIpc) is 3.38. The molecule has 0 spiro atoms. The minimum Gasteiger partial charge on any atom is -0.393 e. The lowest BCUT2D eigenvalue weighted by Gasteiger charge is -2.59. The van der Waals surface area contributed by atoms with Crippen molar-refractivity contribution in [1.29, 1.82) is 0 Å². The van der Waals surface area contributed by atoms with Crippen LogP contribution in [0, 0.1) is 40.4 Å². The number of ether oxygens (including phenoxy) is 1. The molecule has 3 heteroatoms. The highest BCUT2D eigenvalue weighted by Gasteiger charge is 2.67. The van der Waals surface area contributed by atoms with Crippen LogP contribution in [0.5, 0.6) is 0 Å². The molecule has 4 fully saturated rings. The molecule has 1 saturated heterocycles. The summed E-state index contributed by atoms with van der Waals surface area (Å²) in [6, 6.07) is 0. The standard InChI is InChI=1S/C27H44O3/c1-16(2)14-23-24(30-23)17(3)27(29)13-10-22-20-7-6-18-15-19(28)8-11-25(18,4)21(20)9-12-26(22,27)5/h6,16-17,19-24,28-29H,7-15H2,1-5H3. The third kappa shape index (κ3) is 2.94. The summed E-state index contributed by atoms with van der Waals surface area (Å²) < 4.78 is 6.10. The Morgan fingerprint density at radius 1 is 1.07 bits per heavy atom. The van der Waals surface area contributed by atoms with E-state index in [4.69, 9.17) is 4.74 Å². The van der Waals surface area contributed by atoms with Crippen molar-refractivity contribution in [2.24, 2.45) is 40.4 Å². The maximum absolute atomic E-state index is 12.2. The Morgan fingerprint density at radius 2 is 1.80 bits per heavy atom. The second-order valence-electron chi connectivity index (χ2n) is 12.6. The van der Waals surface area contributed by atoms with Gasteiger partial charge in [0.25, 0.3) is 0 Å². The van der Waals surface area contributed by atoms with Crippen molar-refractivity contribution >= 4 is 0 Å². The summed E-state index contributed by atoms with van der Waals surface area (Å²) in [4.78, 5) is 0. The van der Waals surface area contributed by atoms with Gasteiger partial charge in [-0.05, 0) is 92.3 Å². The lowest BCUT2D eigenvalue weighted by Crippen LogP contribution is -2.57. The highest BCUT2D eigenvalue weighted by Crippen LogP contribution is 2.69. The molecule has 5 rings (SSSR count). The van der Waals surface area contributed by atoms with Gasteiger partial charge < -0.3 is 14.9 Å². The molecule has 0 radical (unpaired) electrons. The molecule has 0 aromatic heterocycles. The highest BCUT2D eigenvalue weighted by molar-refractivity contribution is 5.26. The third-order valence-electron chi connectivity index (χ3n) is 10.9. The van der Waals surface area contributed by atoms with Crippen molar-refractivity contribution in [2.45, 2.75) is 116 Å². The maximum Gasteiger partial charge on any atom is 0.0895 e. The first-order valence-corrected chi connectivity index (χ1v) is 12.9. The lowest BCUT2D eigenvalue weighted by molar-refractivity contribution is -0.152. The summed E-state index contributed by atoms with van der Waals surface area (Å²) in [6.07, 6.45) is 12.7. The number of aliphatic hydroxyl groups excluding tert-OH is 1. The van der Waals surface area contributed by atoms with E-state index in [1.807, 2.05) is 0 Å². The molecule has 5 aliphatic rings. The quantitative estimate of drug-likeness (QED) is 0.470. The molecule has 0 bridgehead atoms. The number of hydrogen-bond acceptors (Lipinski definition) is 3. The Kier molecular flexibility index (Phi) is 5.05. The van der Waals surface area contributed by atoms with E-state index in [1.54, 1.807) is 0 Å². The van der Waals surface area contributed by atoms with E-state index in [-0.39, 0.29) is 29.0 Å². The van der Waals surface area contributed by atoms with Gasteiger partial charge in [-0.3, -0.25) is 0 Å². The molecule has 30 heavy (non-hydrogen) atoms. The molecule has 1 heterocycles. The van der Waals surface area contributed by atoms with Gasteiger partial charge in [0.05, 0.1) is 23.9 Å². The van der Waals surface area contributed by atoms with Crippen molar-refractivity contribution in [1.82, 2.24) is 0 Å². The Bertz CT molecular complexity index is 715. The lowest BCUT2D eigenvalue weighted by atomic mass is 9.46. The smallest absolute Gasteiger partial charge is 0.0895 e. The summed E-state index contributed by atoms with van der Waals surface area (Å²) in [5.41, 5.74) is 1.23. The zero-order valence-electron chi connectivity index (χ0n) is 19.9. The number of epoxide rings is 1. The van der Waals surface area contributed by atoms with Gasteiger partial charge in [-0.15, -0.1) is 0 Å². The van der Waals surface area contributed by atoms with Gasteiger partial charge in [-0.1, -0.05) is 46.3 Å². The first kappa shape index (κ1) is 21.5. The van der Waals surface area contributed by atoms with Gasteiger partial charge in [0, 0.05) is 5.92 Å². The topological polar surface area (TPSA) is 53.0 Å². The van der Waals surface area contributed by atoms with Crippen LogP contribution in [0.1, 0.15) is 92.4 Å². The van der Waals surface area contributed by atoms with E-state index >= 15 is 0 Å². The minimum absolute atomic E-state index is 0.0117. The number of fused-ring (bicyclic) bond motifs is 5. The van der Waals surface area contributed by atoms with E-state index in [0.717, 1.165) is 50.9 Å². The average molecular weight is 417 g/mol. The van der Waals surface area contributed by atoms with Gasteiger partial charge in [-0.25, -0.2) is 0 Å². The molecular weight excluding hydrogens is 372 g/mol. The molecule has 2 N–H and O–H groups in total. The number of allylic oxidation sites excluding steroid dienone is 1. The van der Waals surface area contributed by atoms with Crippen molar-refractivity contribution in [3.63, 3.8) is 0 Å². The van der Waals surface area contributed by atoms with Crippen molar-refractivity contribution in [3.05, 3.63) is 11.6 Å². The zero-order chi connectivity index (χ0) is 21.5. The van der Waals surface area contributed by atoms with Crippen LogP contribution >= 0.6 is 0 Å². The Labute approximate surface area is 183 Å². The molecule has 0 amide bonds. The molecule has 0 aromatic carbocycles. The SMILES string of the molecule is CC(C)CC1OC1C(C)C1(O)CCC2C3CC=C4CC(O)CCC4(C)C3CCC21C. The second kappa shape index (κ2) is 7.06. The van der Waals surface area contributed by atoms with Gasteiger partial charge in [0.15, 0.2) is 0 Å². The third-order valence-corrected chi connectivity index (χ3v) is 10.9. The van der Waals surface area contributed by atoms with Crippen LogP contribution in [0.3, 0.4) is 0 Å². The largest absolute Gasteiger partial charge is 0.393 e. The molecule has 1 aliphatic heterocycles. The fraction of sp³-hybridized carbons (Fsp3) is 0.926. The monoisotopic (exact) mass is 416 g/mol. The summed E-state index contributed by atoms with van der Waals surface area (Å²) in [6.45, 7) is 11.7. The van der Waals surface area contributed by atoms with Crippen LogP contribution < -0.4 is 0 Å². The summed E-state index contributed by atoms with van der Waals surface area (Å²) in [7, 11) is 0. The van der Waals surface area contributed by atoms with Crippen LogP contribution in [0.15, 0.2) is 11.6 Å². The molecule has 3 nitrogen and oxygen atoms in total. The number of hydrogen-bond donors (Lipinski definition) is 2. The van der Waals surface area contributed by atoms with Crippen molar-refractivity contribution in [3.8, 4) is 0 Å². The van der Waals surface area contributed by atoms with Crippen LogP contribution in [0.4, 0.5) is 0 Å². The first-order chi connectivity index (χ1) is 14.1. The maximum atomic E-state index is 12.2. The Hall–Kier alpha value is -0.380. The normalized spacial score (nSPS) is 53.5. The van der Waals surface area contributed by atoms with Gasteiger partial charge >= 0.3 is 0 Å². The van der Waals surface area contributed by atoms with Crippen molar-refractivity contribution in [2.75, 3.05) is 0 Å². The second-order valence-corrected chi connectivity index (χ2v) is 12.6. The predicted molar refractivity (Wildman–Crippen MR) is 120 cm³/mol. The van der Waals surface area contributed by atoms with Crippen LogP contribution in [-0.2, 0) is 4.74 Å².